The van der Waals surface area contributed by atoms with Gasteiger partial charge in [-0.05, 0) is 12.3 Å². The summed E-state index contributed by atoms with van der Waals surface area (Å²) in [4.78, 5) is 7.92. The lowest BCUT2D eigenvalue weighted by Gasteiger charge is -2.13. The van der Waals surface area contributed by atoms with Crippen LogP contribution in [0.25, 0.3) is 0 Å². The van der Waals surface area contributed by atoms with E-state index in [1.807, 2.05) is 0 Å². The van der Waals surface area contributed by atoms with Gasteiger partial charge in [-0.3, -0.25) is 9.56 Å². The van der Waals surface area contributed by atoms with Gasteiger partial charge in [-0.15, -0.1) is 24.0 Å². The Morgan fingerprint density at radius 2 is 2.09 bits per heavy atom. The van der Waals surface area contributed by atoms with E-state index in [-0.39, 0.29) is 36.3 Å². The van der Waals surface area contributed by atoms with Crippen LogP contribution in [-0.4, -0.2) is 42.3 Å². The molecular weight excluding hydrogens is 419 g/mol. The fourth-order valence-corrected chi connectivity index (χ4v) is 1.70. The van der Waals surface area contributed by atoms with Gasteiger partial charge in [0.25, 0.3) is 0 Å². The van der Waals surface area contributed by atoms with Gasteiger partial charge in [0.2, 0.25) is 0 Å². The molecule has 1 heterocycles. The zero-order chi connectivity index (χ0) is 16.4. The molecule has 0 amide bonds. The Bertz CT molecular complexity index is 454. The summed E-state index contributed by atoms with van der Waals surface area (Å²) in [6.07, 6.45) is 3.63. The summed E-state index contributed by atoms with van der Waals surface area (Å²) in [5, 5.41) is 6.00. The van der Waals surface area contributed by atoms with Crippen LogP contribution < -0.4 is 10.6 Å². The highest BCUT2D eigenvalue weighted by Crippen LogP contribution is 2.11. The van der Waals surface area contributed by atoms with Crippen molar-refractivity contribution in [3.8, 4) is 0 Å². The Labute approximate surface area is 153 Å². The highest BCUT2D eigenvalue weighted by Gasteiger charge is 2.11. The predicted octanol–water partition coefficient (Wildman–Crippen LogP) is 2.62. The number of guanidine groups is 1. The Balaban J connectivity index is 0.00000484. The molecule has 0 saturated carbocycles. The molecule has 1 rings (SSSR count). The third-order valence-electron chi connectivity index (χ3n) is 2.98. The van der Waals surface area contributed by atoms with E-state index in [2.05, 4.69) is 34.5 Å². The minimum Gasteiger partial charge on any atom is -0.380 e. The fourth-order valence-electron chi connectivity index (χ4n) is 1.70. The number of ether oxygens (including phenoxy) is 1. The average Bonchev–Trinajstić information content (AvgIpc) is 2.94. The SMILES string of the molecule is CN=C(NCCOCCC(C)C)NCc1nccn1C(F)F.I. The number of hydrogen-bond donors (Lipinski definition) is 2. The van der Waals surface area contributed by atoms with Crippen molar-refractivity contribution in [2.75, 3.05) is 26.8 Å². The van der Waals surface area contributed by atoms with Crippen LogP contribution in [0.2, 0.25) is 0 Å². The third kappa shape index (κ3) is 9.04. The Hall–Kier alpha value is -0.970. The van der Waals surface area contributed by atoms with Gasteiger partial charge in [0, 0.05) is 32.6 Å². The van der Waals surface area contributed by atoms with Gasteiger partial charge in [-0.2, -0.15) is 8.78 Å². The first-order valence-electron chi connectivity index (χ1n) is 7.36. The molecule has 2 N–H and O–H groups in total. The maximum absolute atomic E-state index is 12.7. The van der Waals surface area contributed by atoms with Crippen LogP contribution in [-0.2, 0) is 11.3 Å². The first-order valence-corrected chi connectivity index (χ1v) is 7.36. The number of alkyl halides is 2. The number of aliphatic imine (C=N–C) groups is 1. The molecule has 0 unspecified atom stereocenters. The quantitative estimate of drug-likeness (QED) is 0.266. The van der Waals surface area contributed by atoms with E-state index in [4.69, 9.17) is 4.74 Å². The molecule has 6 nitrogen and oxygen atoms in total. The molecule has 1 aromatic heterocycles. The molecule has 0 aliphatic carbocycles. The van der Waals surface area contributed by atoms with Crippen molar-refractivity contribution in [2.45, 2.75) is 33.4 Å². The minimum absolute atomic E-state index is 0. The summed E-state index contributed by atoms with van der Waals surface area (Å²) in [5.41, 5.74) is 0. The molecular formula is C14H26F2IN5O. The summed E-state index contributed by atoms with van der Waals surface area (Å²) in [7, 11) is 1.62. The minimum atomic E-state index is -2.59. The van der Waals surface area contributed by atoms with Crippen molar-refractivity contribution in [2.24, 2.45) is 10.9 Å². The molecule has 0 saturated heterocycles. The number of rotatable bonds is 9. The molecule has 9 heteroatoms. The number of hydrogen-bond acceptors (Lipinski definition) is 3. The second-order valence-electron chi connectivity index (χ2n) is 5.18. The van der Waals surface area contributed by atoms with Crippen molar-refractivity contribution in [3.05, 3.63) is 18.2 Å². The van der Waals surface area contributed by atoms with Crippen LogP contribution in [0.4, 0.5) is 8.78 Å². The van der Waals surface area contributed by atoms with Crippen molar-refractivity contribution in [3.63, 3.8) is 0 Å². The molecule has 1 aromatic rings. The average molecular weight is 445 g/mol. The van der Waals surface area contributed by atoms with Crippen molar-refractivity contribution in [1.29, 1.82) is 0 Å². The molecule has 0 radical (unpaired) electrons. The van der Waals surface area contributed by atoms with E-state index in [9.17, 15) is 8.78 Å². The maximum atomic E-state index is 12.7. The molecule has 23 heavy (non-hydrogen) atoms. The smallest absolute Gasteiger partial charge is 0.319 e. The lowest BCUT2D eigenvalue weighted by atomic mass is 10.1. The monoisotopic (exact) mass is 445 g/mol. The number of halogens is 3. The second kappa shape index (κ2) is 12.5. The summed E-state index contributed by atoms with van der Waals surface area (Å²) in [6.45, 7) is 3.78. The van der Waals surface area contributed by atoms with Crippen molar-refractivity contribution >= 4 is 29.9 Å². The van der Waals surface area contributed by atoms with E-state index in [1.54, 1.807) is 7.05 Å². The number of imidazole rings is 1. The van der Waals surface area contributed by atoms with Gasteiger partial charge in [0.1, 0.15) is 5.82 Å². The highest BCUT2D eigenvalue weighted by atomic mass is 127. The van der Waals surface area contributed by atoms with E-state index >= 15 is 0 Å². The normalized spacial score (nSPS) is 11.7. The predicted molar refractivity (Wildman–Crippen MR) is 97.4 cm³/mol. The van der Waals surface area contributed by atoms with Crippen molar-refractivity contribution < 1.29 is 13.5 Å². The van der Waals surface area contributed by atoms with Gasteiger partial charge in [0.05, 0.1) is 13.2 Å². The van der Waals surface area contributed by atoms with Crippen LogP contribution in [0.5, 0.6) is 0 Å². The Kier molecular flexibility index (Phi) is 11.9. The van der Waals surface area contributed by atoms with Crippen LogP contribution in [0.3, 0.4) is 0 Å². The zero-order valence-corrected chi connectivity index (χ0v) is 16.1. The standard InChI is InChI=1S/C14H25F2N5O.HI/c1-11(2)4-8-22-9-6-19-14(17-3)20-10-12-18-5-7-21(12)13(15)16;/h5,7,11,13H,4,6,8-10H2,1-3H3,(H2,17,19,20);1H. The highest BCUT2D eigenvalue weighted by molar-refractivity contribution is 14.0. The van der Waals surface area contributed by atoms with E-state index < -0.39 is 6.55 Å². The molecule has 0 fully saturated rings. The summed E-state index contributed by atoms with van der Waals surface area (Å²) in [6, 6.07) is 0. The maximum Gasteiger partial charge on any atom is 0.319 e. The van der Waals surface area contributed by atoms with Gasteiger partial charge in [-0.25, -0.2) is 4.98 Å². The lowest BCUT2D eigenvalue weighted by molar-refractivity contribution is 0.0668. The Morgan fingerprint density at radius 3 is 2.70 bits per heavy atom. The van der Waals surface area contributed by atoms with Gasteiger partial charge in [-0.1, -0.05) is 13.8 Å². The molecule has 0 atom stereocenters. The molecule has 0 aromatic carbocycles. The molecule has 0 spiro atoms. The van der Waals surface area contributed by atoms with Crippen molar-refractivity contribution in [1.82, 2.24) is 20.2 Å². The molecule has 0 aliphatic heterocycles. The molecule has 134 valence electrons. The first kappa shape index (κ1) is 22.0. The summed E-state index contributed by atoms with van der Waals surface area (Å²) < 4.78 is 31.6. The molecule has 0 bridgehead atoms. The van der Waals surface area contributed by atoms with Gasteiger partial charge >= 0.3 is 6.55 Å². The summed E-state index contributed by atoms with van der Waals surface area (Å²) in [5.74, 6) is 1.41. The first-order chi connectivity index (χ1) is 10.5. The van der Waals surface area contributed by atoms with Crippen LogP contribution in [0, 0.1) is 5.92 Å². The fraction of sp³-hybridized carbons (Fsp3) is 0.714. The van der Waals surface area contributed by atoms with E-state index in [1.165, 1.54) is 12.4 Å². The van der Waals surface area contributed by atoms with E-state index in [0.29, 0.717) is 25.0 Å². The van der Waals surface area contributed by atoms with Crippen LogP contribution >= 0.6 is 24.0 Å². The Morgan fingerprint density at radius 1 is 1.35 bits per heavy atom. The van der Waals surface area contributed by atoms with E-state index in [0.717, 1.165) is 17.6 Å². The number of aromatic nitrogens is 2. The number of nitrogens with one attached hydrogen (secondary N) is 2. The van der Waals surface area contributed by atoms with Crippen LogP contribution in [0.15, 0.2) is 17.4 Å². The number of nitrogens with zero attached hydrogens (tertiary/aromatic N) is 3. The molecule has 0 aliphatic rings. The van der Waals surface area contributed by atoms with Gasteiger partial charge in [0.15, 0.2) is 5.96 Å². The zero-order valence-electron chi connectivity index (χ0n) is 13.8. The lowest BCUT2D eigenvalue weighted by Crippen LogP contribution is -2.39. The third-order valence-corrected chi connectivity index (χ3v) is 2.98. The second-order valence-corrected chi connectivity index (χ2v) is 5.18. The van der Waals surface area contributed by atoms with Gasteiger partial charge < -0.3 is 15.4 Å². The summed E-state index contributed by atoms with van der Waals surface area (Å²) >= 11 is 0. The largest absolute Gasteiger partial charge is 0.380 e. The topological polar surface area (TPSA) is 63.5 Å². The van der Waals surface area contributed by atoms with Crippen LogP contribution in [0.1, 0.15) is 32.6 Å².